The molecule has 0 aromatic heterocycles. The maximum atomic E-state index is 13.1. The Kier molecular flexibility index (Phi) is 8.53. The highest BCUT2D eigenvalue weighted by Crippen LogP contribution is 2.37. The monoisotopic (exact) mass is 581 g/mol. The zero-order valence-electron chi connectivity index (χ0n) is 19.6. The van der Waals surface area contributed by atoms with E-state index in [1.54, 1.807) is 37.3 Å². The number of halogens is 2. The van der Waals surface area contributed by atoms with Gasteiger partial charge in [-0.25, -0.2) is 0 Å². The summed E-state index contributed by atoms with van der Waals surface area (Å²) >= 11 is 3.49. The summed E-state index contributed by atoms with van der Waals surface area (Å²) in [6, 6.07) is 7.21. The Hall–Kier alpha value is -2.59. The summed E-state index contributed by atoms with van der Waals surface area (Å²) in [7, 11) is 10.7. The van der Waals surface area contributed by atoms with Crippen molar-refractivity contribution in [3.8, 4) is 5.75 Å². The van der Waals surface area contributed by atoms with E-state index in [1.807, 2.05) is 44.1 Å². The summed E-state index contributed by atoms with van der Waals surface area (Å²) in [5.74, 6) is 0.585. The number of benzene rings is 2. The van der Waals surface area contributed by atoms with Crippen LogP contribution in [0.25, 0.3) is 0 Å². The van der Waals surface area contributed by atoms with Crippen LogP contribution in [0.3, 0.4) is 0 Å². The second kappa shape index (κ2) is 10.6. The molecule has 10 heteroatoms. The predicted molar refractivity (Wildman–Crippen MR) is 141 cm³/mol. The number of carbonyl (C=O) groups excluding carboxylic acids is 2. The van der Waals surface area contributed by atoms with Gasteiger partial charge >= 0.3 is 0 Å². The smallest absolute Gasteiger partial charge is 0.253 e. The molecule has 1 heterocycles. The number of hydrogen-bond donors (Lipinski definition) is 2. The number of anilines is 2. The van der Waals surface area contributed by atoms with Crippen LogP contribution >= 0.6 is 32.9 Å². The Morgan fingerprint density at radius 3 is 2.30 bits per heavy atom. The molecule has 2 aromatic rings. The zero-order chi connectivity index (χ0) is 23.7. The molecule has 0 bridgehead atoms. The van der Waals surface area contributed by atoms with Gasteiger partial charge in [0.05, 0.1) is 29.4 Å². The molecule has 0 saturated carbocycles. The summed E-state index contributed by atoms with van der Waals surface area (Å²) in [6.07, 6.45) is 0. The number of nitrogens with zero attached hydrogens (tertiary/aromatic N) is 3. The molecule has 8 nitrogen and oxygen atoms in total. The average molecular weight is 583 g/mol. The predicted octanol–water partition coefficient (Wildman–Crippen LogP) is 3.55. The van der Waals surface area contributed by atoms with Crippen molar-refractivity contribution < 1.29 is 14.3 Å². The van der Waals surface area contributed by atoms with E-state index in [2.05, 4.69) is 21.2 Å². The second-order valence-corrected chi connectivity index (χ2v) is 8.89. The molecule has 2 N–H and O–H groups in total. The third kappa shape index (κ3) is 5.16. The summed E-state index contributed by atoms with van der Waals surface area (Å²) in [4.78, 5) is 31.0. The molecule has 0 saturated heterocycles. The number of ether oxygens (including phenoxy) is 1. The van der Waals surface area contributed by atoms with Gasteiger partial charge in [0.25, 0.3) is 5.91 Å². The molecule has 0 unspecified atom stereocenters. The van der Waals surface area contributed by atoms with Crippen molar-refractivity contribution in [1.29, 1.82) is 5.41 Å². The first-order chi connectivity index (χ1) is 15.1. The Morgan fingerprint density at radius 2 is 1.76 bits per heavy atom. The van der Waals surface area contributed by atoms with Crippen LogP contribution in [-0.4, -0.2) is 71.3 Å². The number of amidine groups is 1. The van der Waals surface area contributed by atoms with Gasteiger partial charge in [-0.15, -0.1) is 17.0 Å². The van der Waals surface area contributed by atoms with Gasteiger partial charge in [-0.05, 0) is 45.8 Å². The Labute approximate surface area is 213 Å². The van der Waals surface area contributed by atoms with Crippen LogP contribution in [0, 0.1) is 5.41 Å². The SMILES string of the molecule is Br.CNC(=O)c1cc2c(cc1N(C)C)CN(CC(=O)c1cc(Br)c(OC)c(N(C)C)c1)C2=N. The number of nitrogens with one attached hydrogen (secondary N) is 2. The molecule has 1 aliphatic rings. The third-order valence-corrected chi connectivity index (χ3v) is 6.06. The lowest BCUT2D eigenvalue weighted by atomic mass is 10.0. The maximum absolute atomic E-state index is 13.1. The number of methoxy groups -OCH3 is 1. The van der Waals surface area contributed by atoms with Gasteiger partial charge < -0.3 is 24.8 Å². The quantitative estimate of drug-likeness (QED) is 0.485. The molecule has 1 amide bonds. The number of amides is 1. The van der Waals surface area contributed by atoms with Crippen molar-refractivity contribution in [3.63, 3.8) is 0 Å². The van der Waals surface area contributed by atoms with E-state index in [9.17, 15) is 9.59 Å². The summed E-state index contributed by atoms with van der Waals surface area (Å²) in [5.41, 5.74) is 4.19. The second-order valence-electron chi connectivity index (χ2n) is 8.03. The highest BCUT2D eigenvalue weighted by Gasteiger charge is 2.29. The fourth-order valence-electron chi connectivity index (χ4n) is 3.80. The molecular formula is C23H29Br2N5O3. The standard InChI is InChI=1S/C23H28BrN5O3.BrH/c1-26-23(31)16-10-15-14(9-18(16)27(2)3)11-29(22(15)25)12-20(30)13-7-17(24)21(32-6)19(8-13)28(4)5;/h7-10,25H,11-12H2,1-6H3,(H,26,31);1H. The Bertz CT molecular complexity index is 1100. The molecule has 0 radical (unpaired) electrons. The molecule has 1 aliphatic heterocycles. The average Bonchev–Trinajstić information content (AvgIpc) is 3.05. The highest BCUT2D eigenvalue weighted by atomic mass is 79.9. The Morgan fingerprint density at radius 1 is 1.12 bits per heavy atom. The number of rotatable bonds is 7. The fraction of sp³-hybridized carbons (Fsp3) is 0.348. The fourth-order valence-corrected chi connectivity index (χ4v) is 4.41. The third-order valence-electron chi connectivity index (χ3n) is 5.47. The lowest BCUT2D eigenvalue weighted by Crippen LogP contribution is -2.30. The van der Waals surface area contributed by atoms with Crippen molar-refractivity contribution in [2.75, 3.05) is 58.7 Å². The van der Waals surface area contributed by atoms with Crippen LogP contribution in [0.5, 0.6) is 5.75 Å². The van der Waals surface area contributed by atoms with Gasteiger partial charge in [-0.1, -0.05) is 0 Å². The van der Waals surface area contributed by atoms with Gasteiger partial charge in [0, 0.05) is 58.6 Å². The molecule has 178 valence electrons. The molecule has 3 rings (SSSR count). The zero-order valence-corrected chi connectivity index (χ0v) is 22.9. The van der Waals surface area contributed by atoms with Crippen LogP contribution < -0.4 is 19.9 Å². The van der Waals surface area contributed by atoms with E-state index < -0.39 is 0 Å². The summed E-state index contributed by atoms with van der Waals surface area (Å²) in [6.45, 7) is 0.498. The molecule has 0 spiro atoms. The lowest BCUT2D eigenvalue weighted by Gasteiger charge is -2.20. The van der Waals surface area contributed by atoms with Crippen LogP contribution in [0.15, 0.2) is 28.7 Å². The van der Waals surface area contributed by atoms with Crippen molar-refractivity contribution in [2.45, 2.75) is 6.54 Å². The van der Waals surface area contributed by atoms with E-state index in [0.29, 0.717) is 33.5 Å². The number of ketones is 1. The van der Waals surface area contributed by atoms with Crippen LogP contribution in [0.4, 0.5) is 11.4 Å². The van der Waals surface area contributed by atoms with Crippen LogP contribution in [0.2, 0.25) is 0 Å². The Balaban J connectivity index is 0.00000385. The minimum atomic E-state index is -0.210. The molecular weight excluding hydrogens is 554 g/mol. The van der Waals surface area contributed by atoms with Crippen LogP contribution in [-0.2, 0) is 6.54 Å². The summed E-state index contributed by atoms with van der Waals surface area (Å²) in [5, 5.41) is 11.3. The van der Waals surface area contributed by atoms with Crippen LogP contribution in [0.1, 0.15) is 31.8 Å². The molecule has 0 fully saturated rings. The van der Waals surface area contributed by atoms with E-state index in [-0.39, 0.29) is 41.1 Å². The van der Waals surface area contributed by atoms with E-state index in [4.69, 9.17) is 10.1 Å². The number of carbonyl (C=O) groups is 2. The first kappa shape index (κ1) is 26.7. The van der Waals surface area contributed by atoms with Crippen molar-refractivity contribution in [1.82, 2.24) is 10.2 Å². The van der Waals surface area contributed by atoms with Gasteiger partial charge in [0.1, 0.15) is 5.84 Å². The maximum Gasteiger partial charge on any atom is 0.253 e. The minimum Gasteiger partial charge on any atom is -0.493 e. The van der Waals surface area contributed by atoms with Crippen molar-refractivity contribution >= 4 is 61.8 Å². The van der Waals surface area contributed by atoms with Crippen molar-refractivity contribution in [3.05, 3.63) is 51.0 Å². The first-order valence-corrected chi connectivity index (χ1v) is 10.9. The summed E-state index contributed by atoms with van der Waals surface area (Å²) < 4.78 is 6.15. The number of fused-ring (bicyclic) bond motifs is 1. The molecule has 0 aliphatic carbocycles. The van der Waals surface area contributed by atoms with Gasteiger partial charge in [0.2, 0.25) is 0 Å². The molecule has 0 atom stereocenters. The first-order valence-electron chi connectivity index (χ1n) is 10.1. The molecule has 33 heavy (non-hydrogen) atoms. The minimum absolute atomic E-state index is 0. The number of hydrogen-bond acceptors (Lipinski definition) is 6. The number of Topliss-reactive ketones (excluding diaryl/α,β-unsaturated/α-hetero) is 1. The van der Waals surface area contributed by atoms with Gasteiger partial charge in [-0.2, -0.15) is 0 Å². The highest BCUT2D eigenvalue weighted by molar-refractivity contribution is 9.10. The normalized spacial score (nSPS) is 12.1. The van der Waals surface area contributed by atoms with E-state index in [0.717, 1.165) is 16.9 Å². The van der Waals surface area contributed by atoms with E-state index in [1.165, 1.54) is 0 Å². The lowest BCUT2D eigenvalue weighted by molar-refractivity contribution is 0.0955. The van der Waals surface area contributed by atoms with Crippen molar-refractivity contribution in [2.24, 2.45) is 0 Å². The largest absolute Gasteiger partial charge is 0.493 e. The van der Waals surface area contributed by atoms with Gasteiger partial charge in [-0.3, -0.25) is 15.0 Å². The molecule has 2 aromatic carbocycles. The topological polar surface area (TPSA) is 89.0 Å². The van der Waals surface area contributed by atoms with Gasteiger partial charge in [0.15, 0.2) is 11.5 Å². The van der Waals surface area contributed by atoms with E-state index >= 15 is 0 Å².